The third-order valence-electron chi connectivity index (χ3n) is 6.30. The van der Waals surface area contributed by atoms with E-state index in [1.54, 1.807) is 19.9 Å². The molecule has 0 aliphatic carbocycles. The minimum Gasteiger partial charge on any atom is -0.508 e. The van der Waals surface area contributed by atoms with E-state index in [4.69, 9.17) is 5.11 Å². The number of phenols is 1. The van der Waals surface area contributed by atoms with Gasteiger partial charge in [0.25, 0.3) is 0 Å². The predicted octanol–water partition coefficient (Wildman–Crippen LogP) is 8.62. The van der Waals surface area contributed by atoms with Gasteiger partial charge in [0.05, 0.1) is 0 Å². The maximum Gasteiger partial charge on any atom is 0.135 e. The Bertz CT molecular complexity index is 1140. The van der Waals surface area contributed by atoms with E-state index in [0.717, 1.165) is 49.8 Å². The average Bonchev–Trinajstić information content (AvgIpc) is 2.88. The number of hydrogen-bond donors (Lipinski definition) is 1. The number of aromatic hydroxyl groups is 1. The van der Waals surface area contributed by atoms with Gasteiger partial charge in [-0.1, -0.05) is 76.1 Å². The van der Waals surface area contributed by atoms with E-state index >= 15 is 0 Å². The zero-order valence-electron chi connectivity index (χ0n) is 25.3. The van der Waals surface area contributed by atoms with Gasteiger partial charge >= 0.3 is 0 Å². The van der Waals surface area contributed by atoms with Gasteiger partial charge in [-0.05, 0) is 83.4 Å². The Kier molecular flexibility index (Phi) is 18.0. The second kappa shape index (κ2) is 19.7. The molecule has 0 saturated carbocycles. The summed E-state index contributed by atoms with van der Waals surface area (Å²) in [6.45, 7) is 14.6. The predicted molar refractivity (Wildman–Crippen MR) is 163 cm³/mol. The van der Waals surface area contributed by atoms with Crippen molar-refractivity contribution in [3.63, 3.8) is 0 Å². The van der Waals surface area contributed by atoms with Crippen molar-refractivity contribution in [1.29, 1.82) is 0 Å². The molecule has 0 spiro atoms. The highest BCUT2D eigenvalue weighted by Crippen LogP contribution is 2.36. The molecule has 0 saturated heterocycles. The molecule has 39 heavy (non-hydrogen) atoms. The van der Waals surface area contributed by atoms with E-state index in [9.17, 15) is 14.4 Å². The Morgan fingerprint density at radius 3 is 1.74 bits per heavy atom. The topological polar surface area (TPSA) is 84.3 Å². The maximum absolute atomic E-state index is 11.7. The number of nitrogens with zero attached hydrogens (tertiary/aromatic N) is 1. The van der Waals surface area contributed by atoms with Gasteiger partial charge in [-0.25, -0.2) is 0 Å². The van der Waals surface area contributed by atoms with E-state index in [-0.39, 0.29) is 22.8 Å². The fourth-order valence-electron chi connectivity index (χ4n) is 4.28. The highest BCUT2D eigenvalue weighted by molar-refractivity contribution is 5.83. The molecule has 0 amide bonds. The van der Waals surface area contributed by atoms with Crippen molar-refractivity contribution in [2.24, 2.45) is 5.41 Å². The smallest absolute Gasteiger partial charge is 0.135 e. The molecule has 5 heteroatoms. The molecule has 0 aliphatic rings. The van der Waals surface area contributed by atoms with Crippen molar-refractivity contribution in [3.8, 4) is 5.75 Å². The van der Waals surface area contributed by atoms with Gasteiger partial charge in [0.15, 0.2) is 0 Å². The summed E-state index contributed by atoms with van der Waals surface area (Å²) in [7, 11) is 0. The number of para-hydroxylation sites is 1. The summed E-state index contributed by atoms with van der Waals surface area (Å²) in [6, 6.07) is 17.7. The molecule has 3 rings (SSSR count). The zero-order valence-corrected chi connectivity index (χ0v) is 25.3. The lowest BCUT2D eigenvalue weighted by molar-refractivity contribution is -0.128. The number of hydrogen-bond acceptors (Lipinski definition) is 5. The van der Waals surface area contributed by atoms with Crippen LogP contribution in [0.2, 0.25) is 0 Å². The first-order valence-electron chi connectivity index (χ1n) is 14.0. The molecule has 0 unspecified atom stereocenters. The lowest BCUT2D eigenvalue weighted by atomic mass is 9.72. The number of Topliss-reactive ketones (excluding diaryl/α,β-unsaturated/α-hetero) is 3. The van der Waals surface area contributed by atoms with Gasteiger partial charge in [0, 0.05) is 29.1 Å². The number of carbonyl (C=O) groups excluding carboxylic acids is 3. The number of benzene rings is 2. The highest BCUT2D eigenvalue weighted by Gasteiger charge is 2.33. The van der Waals surface area contributed by atoms with Gasteiger partial charge in [-0.2, -0.15) is 0 Å². The van der Waals surface area contributed by atoms with E-state index < -0.39 is 0 Å². The zero-order chi connectivity index (χ0) is 29.8. The molecule has 0 aliphatic heterocycles. The van der Waals surface area contributed by atoms with Crippen LogP contribution in [0.25, 0.3) is 10.8 Å². The molecule has 2 aromatic carbocycles. The number of phenolic OH excluding ortho intramolecular Hbond substituents is 1. The molecule has 0 bridgehead atoms. The van der Waals surface area contributed by atoms with E-state index in [2.05, 4.69) is 37.0 Å². The Labute approximate surface area is 236 Å². The third kappa shape index (κ3) is 15.0. The summed E-state index contributed by atoms with van der Waals surface area (Å²) in [5, 5.41) is 11.6. The van der Waals surface area contributed by atoms with E-state index in [1.165, 1.54) is 24.6 Å². The number of aryl methyl sites for hydroxylation is 2. The highest BCUT2D eigenvalue weighted by atomic mass is 16.3. The number of carbonyl (C=O) groups is 3. The van der Waals surface area contributed by atoms with Crippen LogP contribution in [-0.4, -0.2) is 27.4 Å². The third-order valence-corrected chi connectivity index (χ3v) is 6.30. The Balaban J connectivity index is 0.000000531. The van der Waals surface area contributed by atoms with Gasteiger partial charge in [-0.15, -0.1) is 0 Å². The monoisotopic (exact) mass is 535 g/mol. The molecule has 0 fully saturated rings. The Hall–Kier alpha value is -3.34. The minimum absolute atomic E-state index is 0.167. The fourth-order valence-corrected chi connectivity index (χ4v) is 4.28. The largest absolute Gasteiger partial charge is 0.508 e. The van der Waals surface area contributed by atoms with E-state index in [1.807, 2.05) is 50.4 Å². The molecule has 3 aromatic rings. The van der Waals surface area contributed by atoms with Crippen LogP contribution in [0.5, 0.6) is 5.75 Å². The van der Waals surface area contributed by atoms with Gasteiger partial charge in [-0.3, -0.25) is 9.78 Å². The minimum atomic E-state index is -0.227. The summed E-state index contributed by atoms with van der Waals surface area (Å²) < 4.78 is 0. The molecule has 0 radical (unpaired) electrons. The summed E-state index contributed by atoms with van der Waals surface area (Å²) in [5.41, 5.74) is 1.86. The van der Waals surface area contributed by atoms with Gasteiger partial charge in [0.2, 0.25) is 0 Å². The van der Waals surface area contributed by atoms with Crippen LogP contribution in [-0.2, 0) is 20.8 Å². The van der Waals surface area contributed by atoms with Crippen molar-refractivity contribution >= 4 is 28.1 Å². The first kappa shape index (κ1) is 35.7. The van der Waals surface area contributed by atoms with Crippen molar-refractivity contribution < 1.29 is 19.5 Å². The lowest BCUT2D eigenvalue weighted by Crippen LogP contribution is -2.29. The summed E-state index contributed by atoms with van der Waals surface area (Å²) in [6.07, 6.45) is 7.94. The molecule has 1 heterocycles. The summed E-state index contributed by atoms with van der Waals surface area (Å²) in [5.74, 6) is 1.01. The van der Waals surface area contributed by atoms with Crippen LogP contribution in [0.4, 0.5) is 0 Å². The van der Waals surface area contributed by atoms with Crippen LogP contribution in [0.3, 0.4) is 0 Å². The molecule has 214 valence electrons. The average molecular weight is 536 g/mol. The van der Waals surface area contributed by atoms with Crippen molar-refractivity contribution in [2.75, 3.05) is 0 Å². The fraction of sp³-hybridized carbons (Fsp3) is 0.471. The van der Waals surface area contributed by atoms with E-state index in [0.29, 0.717) is 12.2 Å². The van der Waals surface area contributed by atoms with Crippen LogP contribution < -0.4 is 0 Å². The van der Waals surface area contributed by atoms with Crippen LogP contribution in [0.1, 0.15) is 98.2 Å². The van der Waals surface area contributed by atoms with Crippen molar-refractivity contribution in [2.45, 2.75) is 100 Å². The van der Waals surface area contributed by atoms with Crippen LogP contribution >= 0.6 is 0 Å². The quantitative estimate of drug-likeness (QED) is 0.296. The lowest BCUT2D eigenvalue weighted by Gasteiger charge is -2.30. The number of rotatable bonds is 9. The van der Waals surface area contributed by atoms with Gasteiger partial charge < -0.3 is 14.7 Å². The number of pyridine rings is 1. The van der Waals surface area contributed by atoms with Crippen LogP contribution in [0, 0.1) is 12.3 Å². The Morgan fingerprint density at radius 2 is 1.31 bits per heavy atom. The summed E-state index contributed by atoms with van der Waals surface area (Å²) in [4.78, 5) is 36.4. The number of ketones is 3. The maximum atomic E-state index is 11.7. The van der Waals surface area contributed by atoms with Crippen molar-refractivity contribution in [3.05, 3.63) is 72.1 Å². The van der Waals surface area contributed by atoms with Crippen LogP contribution in [0.15, 0.2) is 60.8 Å². The molecular formula is C34H49NO4. The SMILES string of the molecule is CC(C)=O.CCCC(CCC)(CCC(C)=O)C(C)=O.CCc1ccccc1O.Cc1cc2ccccc2cn1. The number of fused-ring (bicyclic) bond motifs is 1. The molecule has 5 nitrogen and oxygen atoms in total. The van der Waals surface area contributed by atoms with Gasteiger partial charge in [0.1, 0.15) is 23.1 Å². The number of aromatic nitrogens is 1. The normalized spacial score (nSPS) is 10.2. The molecule has 0 atom stereocenters. The van der Waals surface area contributed by atoms with Crippen molar-refractivity contribution in [1.82, 2.24) is 4.98 Å². The Morgan fingerprint density at radius 1 is 0.795 bits per heavy atom. The summed E-state index contributed by atoms with van der Waals surface area (Å²) >= 11 is 0. The first-order chi connectivity index (χ1) is 18.4. The molecular weight excluding hydrogens is 486 g/mol. The second-order valence-corrected chi connectivity index (χ2v) is 10.1. The second-order valence-electron chi connectivity index (χ2n) is 10.1. The molecule has 1 N–H and O–H groups in total. The first-order valence-corrected chi connectivity index (χ1v) is 14.0. The standard InChI is InChI=1S/C13H24O2.C10H9N.C8H10O.C3H6O/c1-5-8-13(9-6-2,12(4)15)10-7-11(3)14;1-8-6-9-4-2-3-5-10(9)7-11-8;1-2-7-5-3-4-6-8(7)9;1-3(2)4/h5-10H2,1-4H3;2-7H,1H3;3-6,9H,2H2,1H3;1-2H3. The molecule has 1 aromatic heterocycles.